The Morgan fingerprint density at radius 1 is 0.345 bits per heavy atom. The van der Waals surface area contributed by atoms with Gasteiger partial charge in [0.05, 0.1) is 38.6 Å². The zero-order valence-corrected chi connectivity index (χ0v) is 29.6. The third-order valence-corrected chi connectivity index (χ3v) is 11.3. The van der Waals surface area contributed by atoms with E-state index in [1.54, 1.807) is 0 Å². The van der Waals surface area contributed by atoms with Crippen LogP contribution in [0.2, 0.25) is 0 Å². The molecule has 0 aliphatic rings. The van der Waals surface area contributed by atoms with Crippen LogP contribution in [0.3, 0.4) is 0 Å². The molecular weight excluding hydrogens is 671 g/mol. The van der Waals surface area contributed by atoms with E-state index >= 15 is 0 Å². The van der Waals surface area contributed by atoms with E-state index in [-0.39, 0.29) is 0 Å². The van der Waals surface area contributed by atoms with Crippen LogP contribution in [-0.2, 0) is 0 Å². The van der Waals surface area contributed by atoms with Crippen molar-refractivity contribution in [3.8, 4) is 28.2 Å². The lowest BCUT2D eigenvalue weighted by Gasteiger charge is -2.13. The lowest BCUT2D eigenvalue weighted by Crippen LogP contribution is -1.99. The Balaban J connectivity index is 1.05. The molecule has 12 aromatic rings. The summed E-state index contributed by atoms with van der Waals surface area (Å²) in [6.07, 6.45) is 5.71. The van der Waals surface area contributed by atoms with Gasteiger partial charge in [0.2, 0.25) is 0 Å². The van der Waals surface area contributed by atoms with Crippen LogP contribution >= 0.6 is 0 Å². The Hall–Kier alpha value is -7.50. The molecule has 5 aromatic heterocycles. The first kappa shape index (κ1) is 30.0. The first-order chi connectivity index (χ1) is 27.3. The topological polar surface area (TPSA) is 40.6 Å². The van der Waals surface area contributed by atoms with Crippen molar-refractivity contribution in [1.29, 1.82) is 0 Å². The monoisotopic (exact) mass is 701 g/mol. The van der Waals surface area contributed by atoms with Crippen LogP contribution in [0.25, 0.3) is 105 Å². The molecule has 0 spiro atoms. The highest BCUT2D eigenvalue weighted by Gasteiger charge is 2.19. The van der Waals surface area contributed by atoms with Gasteiger partial charge in [-0.3, -0.25) is 9.97 Å². The molecule has 0 bridgehead atoms. The van der Waals surface area contributed by atoms with Crippen molar-refractivity contribution >= 4 is 76.3 Å². The van der Waals surface area contributed by atoms with Crippen LogP contribution in [-0.4, -0.2) is 23.7 Å². The zero-order chi connectivity index (χ0) is 36.0. The molecule has 256 valence electrons. The maximum Gasteiger partial charge on any atom is 0.0963 e. The van der Waals surface area contributed by atoms with E-state index in [0.717, 1.165) is 44.1 Å². The summed E-state index contributed by atoms with van der Waals surface area (Å²) in [4.78, 5) is 9.37. The minimum Gasteiger partial charge on any atom is -0.309 e. The summed E-state index contributed by atoms with van der Waals surface area (Å²) in [6.45, 7) is 0. The number of hydrogen-bond acceptors (Lipinski definition) is 2. The van der Waals surface area contributed by atoms with Gasteiger partial charge in [0.15, 0.2) is 0 Å². The minimum atomic E-state index is 0.987. The van der Waals surface area contributed by atoms with Gasteiger partial charge in [0.1, 0.15) is 0 Å². The standard InChI is InChI=1S/C50H31N5/c1-2-10-35(11-3-1)53-44-16-6-4-14-38(44)41-28-33(20-23-46(41)53)34-21-24-47-42(29-34)39-15-5-7-17-45(39)54(47)36-12-8-13-37(30-36)55-48-18-9-26-52-49(48)40-22-19-32-25-27-51-31-43(32)50(40)55/h1-31H. The van der Waals surface area contributed by atoms with E-state index in [0.29, 0.717) is 0 Å². The first-order valence-corrected chi connectivity index (χ1v) is 18.7. The number of aromatic nitrogens is 5. The number of hydrogen-bond donors (Lipinski definition) is 0. The van der Waals surface area contributed by atoms with Crippen LogP contribution in [0, 0.1) is 0 Å². The van der Waals surface area contributed by atoms with Crippen molar-refractivity contribution in [2.75, 3.05) is 0 Å². The predicted molar refractivity (Wildman–Crippen MR) is 228 cm³/mol. The molecular formula is C50H31N5. The molecule has 5 nitrogen and oxygen atoms in total. The minimum absolute atomic E-state index is 0.987. The molecule has 5 heteroatoms. The van der Waals surface area contributed by atoms with Crippen molar-refractivity contribution < 1.29 is 0 Å². The van der Waals surface area contributed by atoms with Crippen molar-refractivity contribution in [2.45, 2.75) is 0 Å². The summed E-state index contributed by atoms with van der Waals surface area (Å²) < 4.78 is 7.12. The second-order valence-corrected chi connectivity index (χ2v) is 14.3. The Bertz CT molecular complexity index is 3490. The molecule has 0 amide bonds. The average Bonchev–Trinajstić information content (AvgIpc) is 3.89. The Morgan fingerprint density at radius 2 is 0.945 bits per heavy atom. The molecule has 0 unspecified atom stereocenters. The highest BCUT2D eigenvalue weighted by Crippen LogP contribution is 2.40. The molecule has 0 radical (unpaired) electrons. The fourth-order valence-electron chi connectivity index (χ4n) is 8.96. The smallest absolute Gasteiger partial charge is 0.0963 e. The van der Waals surface area contributed by atoms with Crippen LogP contribution in [0.15, 0.2) is 188 Å². The highest BCUT2D eigenvalue weighted by molar-refractivity contribution is 6.17. The first-order valence-electron chi connectivity index (χ1n) is 18.7. The van der Waals surface area contributed by atoms with E-state index in [2.05, 4.69) is 182 Å². The van der Waals surface area contributed by atoms with Gasteiger partial charge in [-0.25, -0.2) is 0 Å². The Labute approximate surface area is 315 Å². The summed E-state index contributed by atoms with van der Waals surface area (Å²) in [5, 5.41) is 8.34. The van der Waals surface area contributed by atoms with Gasteiger partial charge in [-0.15, -0.1) is 0 Å². The molecule has 0 aliphatic carbocycles. The highest BCUT2D eigenvalue weighted by atomic mass is 15.0. The van der Waals surface area contributed by atoms with Gasteiger partial charge < -0.3 is 13.7 Å². The fraction of sp³-hybridized carbons (Fsp3) is 0. The van der Waals surface area contributed by atoms with Gasteiger partial charge in [0.25, 0.3) is 0 Å². The maximum atomic E-state index is 4.85. The van der Waals surface area contributed by atoms with Crippen molar-refractivity contribution in [2.24, 2.45) is 0 Å². The van der Waals surface area contributed by atoms with Crippen molar-refractivity contribution in [1.82, 2.24) is 23.7 Å². The largest absolute Gasteiger partial charge is 0.309 e. The number of pyridine rings is 2. The summed E-state index contributed by atoms with van der Waals surface area (Å²) in [7, 11) is 0. The van der Waals surface area contributed by atoms with E-state index in [4.69, 9.17) is 4.98 Å². The molecule has 0 saturated carbocycles. The summed E-state index contributed by atoms with van der Waals surface area (Å²) in [6, 6.07) is 61.5. The molecule has 7 aromatic carbocycles. The van der Waals surface area contributed by atoms with E-state index in [9.17, 15) is 0 Å². The van der Waals surface area contributed by atoms with E-state index < -0.39 is 0 Å². The maximum absolute atomic E-state index is 4.85. The van der Waals surface area contributed by atoms with Crippen LogP contribution in [0.4, 0.5) is 0 Å². The summed E-state index contributed by atoms with van der Waals surface area (Å²) in [5.74, 6) is 0. The molecule has 0 N–H and O–H groups in total. The summed E-state index contributed by atoms with van der Waals surface area (Å²) >= 11 is 0. The second kappa shape index (κ2) is 11.5. The quantitative estimate of drug-likeness (QED) is 0.183. The number of para-hydroxylation sites is 3. The Morgan fingerprint density at radius 3 is 1.67 bits per heavy atom. The number of fused-ring (bicyclic) bond motifs is 11. The fourth-order valence-corrected chi connectivity index (χ4v) is 8.96. The van der Waals surface area contributed by atoms with E-state index in [1.807, 2.05) is 24.7 Å². The molecule has 5 heterocycles. The van der Waals surface area contributed by atoms with Gasteiger partial charge >= 0.3 is 0 Å². The van der Waals surface area contributed by atoms with Crippen LogP contribution in [0.1, 0.15) is 0 Å². The third kappa shape index (κ3) is 4.35. The molecule has 0 aliphatic heterocycles. The second-order valence-electron chi connectivity index (χ2n) is 14.3. The number of rotatable bonds is 4. The van der Waals surface area contributed by atoms with Crippen molar-refractivity contribution in [3.05, 3.63) is 188 Å². The lowest BCUT2D eigenvalue weighted by molar-refractivity contribution is 1.13. The lowest BCUT2D eigenvalue weighted by atomic mass is 10.0. The molecule has 0 fully saturated rings. The molecule has 0 atom stereocenters. The molecule has 12 rings (SSSR count). The van der Waals surface area contributed by atoms with Gasteiger partial charge in [-0.05, 0) is 108 Å². The predicted octanol–water partition coefficient (Wildman–Crippen LogP) is 12.6. The zero-order valence-electron chi connectivity index (χ0n) is 29.6. The van der Waals surface area contributed by atoms with Gasteiger partial charge in [0, 0.05) is 68.0 Å². The Kier molecular flexibility index (Phi) is 6.27. The summed E-state index contributed by atoms with van der Waals surface area (Å²) in [5.41, 5.74) is 13.7. The van der Waals surface area contributed by atoms with Crippen LogP contribution < -0.4 is 0 Å². The van der Waals surface area contributed by atoms with Crippen molar-refractivity contribution in [3.63, 3.8) is 0 Å². The average molecular weight is 702 g/mol. The van der Waals surface area contributed by atoms with Crippen LogP contribution in [0.5, 0.6) is 0 Å². The number of nitrogens with zero attached hydrogens (tertiary/aromatic N) is 5. The number of benzene rings is 7. The normalized spacial score (nSPS) is 12.0. The van der Waals surface area contributed by atoms with E-state index in [1.165, 1.54) is 60.4 Å². The third-order valence-electron chi connectivity index (χ3n) is 11.3. The van der Waals surface area contributed by atoms with Gasteiger partial charge in [-0.2, -0.15) is 0 Å². The SMILES string of the molecule is c1ccc(-n2c3ccccc3c3cc(-c4ccc5c(c4)c4ccccc4n5-c4cccc(-n5c6cccnc6c6ccc7ccncc7c65)c4)ccc32)cc1. The van der Waals surface area contributed by atoms with Gasteiger partial charge in [-0.1, -0.05) is 78.9 Å². The molecule has 55 heavy (non-hydrogen) atoms. The molecule has 0 saturated heterocycles.